The summed E-state index contributed by atoms with van der Waals surface area (Å²) < 4.78 is 0. The van der Waals surface area contributed by atoms with Crippen molar-refractivity contribution in [1.82, 2.24) is 10.3 Å². The first-order valence-electron chi connectivity index (χ1n) is 6.14. The highest BCUT2D eigenvalue weighted by Gasteiger charge is 2.33. The van der Waals surface area contributed by atoms with Crippen LogP contribution in [-0.2, 0) is 0 Å². The molecule has 0 bridgehead atoms. The van der Waals surface area contributed by atoms with Gasteiger partial charge in [0.2, 0.25) is 0 Å². The number of aromatic nitrogens is 1. The zero-order chi connectivity index (χ0) is 13.0. The summed E-state index contributed by atoms with van der Waals surface area (Å²) in [5, 5.41) is 12.4. The zero-order valence-corrected chi connectivity index (χ0v) is 10.9. The molecule has 18 heavy (non-hydrogen) atoms. The van der Waals surface area contributed by atoms with Crippen molar-refractivity contribution in [2.45, 2.75) is 25.7 Å². The Morgan fingerprint density at radius 3 is 2.83 bits per heavy atom. The molecule has 1 saturated carbocycles. The summed E-state index contributed by atoms with van der Waals surface area (Å²) in [7, 11) is 0. The van der Waals surface area contributed by atoms with Crippen LogP contribution < -0.4 is 5.32 Å². The van der Waals surface area contributed by atoms with Gasteiger partial charge in [0.1, 0.15) is 5.75 Å². The standard InChI is InChI=1S/C13H17ClN2O2/c14-8-13(4-1-2-5-13)9-16-12(18)10-3-6-15-7-11(10)17/h3,6-7,17H,1-2,4-5,8-9H2,(H,16,18). The van der Waals surface area contributed by atoms with E-state index in [0.29, 0.717) is 12.4 Å². The largest absolute Gasteiger partial charge is 0.505 e. The van der Waals surface area contributed by atoms with E-state index in [9.17, 15) is 9.90 Å². The summed E-state index contributed by atoms with van der Waals surface area (Å²) >= 11 is 6.01. The van der Waals surface area contributed by atoms with Crippen LogP contribution in [0.3, 0.4) is 0 Å². The summed E-state index contributed by atoms with van der Waals surface area (Å²) in [5.74, 6) is 0.197. The minimum Gasteiger partial charge on any atom is -0.505 e. The molecule has 0 atom stereocenters. The third kappa shape index (κ3) is 2.75. The third-order valence-corrected chi connectivity index (χ3v) is 4.18. The normalized spacial score (nSPS) is 17.6. The fraction of sp³-hybridized carbons (Fsp3) is 0.538. The van der Waals surface area contributed by atoms with Crippen molar-refractivity contribution < 1.29 is 9.90 Å². The topological polar surface area (TPSA) is 62.2 Å². The molecule has 0 spiro atoms. The summed E-state index contributed by atoms with van der Waals surface area (Å²) in [4.78, 5) is 15.7. The molecule has 98 valence electrons. The predicted octanol–water partition coefficient (Wildman–Crippen LogP) is 2.32. The number of aromatic hydroxyl groups is 1. The van der Waals surface area contributed by atoms with Crippen molar-refractivity contribution in [2.75, 3.05) is 12.4 Å². The van der Waals surface area contributed by atoms with Crippen molar-refractivity contribution >= 4 is 17.5 Å². The van der Waals surface area contributed by atoms with Crippen molar-refractivity contribution in [3.05, 3.63) is 24.0 Å². The van der Waals surface area contributed by atoms with Gasteiger partial charge in [-0.05, 0) is 18.9 Å². The number of amides is 1. The maximum absolute atomic E-state index is 11.9. The molecule has 1 amide bonds. The number of hydrogen-bond donors (Lipinski definition) is 2. The highest BCUT2D eigenvalue weighted by molar-refractivity contribution is 6.18. The lowest BCUT2D eigenvalue weighted by molar-refractivity contribution is 0.0932. The minimum absolute atomic E-state index is 0.0276. The van der Waals surface area contributed by atoms with Crippen LogP contribution in [0.5, 0.6) is 5.75 Å². The van der Waals surface area contributed by atoms with Gasteiger partial charge in [-0.25, -0.2) is 0 Å². The summed E-state index contributed by atoms with van der Waals surface area (Å²) in [6, 6.07) is 1.51. The number of alkyl halides is 1. The van der Waals surface area contributed by atoms with E-state index in [0.717, 1.165) is 12.8 Å². The second-order valence-electron chi connectivity index (χ2n) is 4.92. The first kappa shape index (κ1) is 13.1. The SMILES string of the molecule is O=C(NCC1(CCl)CCCC1)c1ccncc1O. The van der Waals surface area contributed by atoms with Crippen LogP contribution in [0.1, 0.15) is 36.0 Å². The number of halogens is 1. The molecule has 1 aliphatic rings. The van der Waals surface area contributed by atoms with Crippen LogP contribution in [0.4, 0.5) is 0 Å². The molecule has 1 aromatic rings. The third-order valence-electron chi connectivity index (χ3n) is 3.62. The van der Waals surface area contributed by atoms with Gasteiger partial charge in [0.25, 0.3) is 5.91 Å². The molecular weight excluding hydrogens is 252 g/mol. The summed E-state index contributed by atoms with van der Waals surface area (Å²) in [6.45, 7) is 0.567. The highest BCUT2D eigenvalue weighted by Crippen LogP contribution is 2.38. The maximum atomic E-state index is 11.9. The van der Waals surface area contributed by atoms with E-state index < -0.39 is 0 Å². The Balaban J connectivity index is 1.98. The van der Waals surface area contributed by atoms with Gasteiger partial charge in [0, 0.05) is 24.0 Å². The lowest BCUT2D eigenvalue weighted by Crippen LogP contribution is -2.37. The average molecular weight is 269 g/mol. The van der Waals surface area contributed by atoms with Crippen molar-refractivity contribution in [3.8, 4) is 5.75 Å². The Kier molecular flexibility index (Phi) is 4.07. The Morgan fingerprint density at radius 1 is 1.50 bits per heavy atom. The van der Waals surface area contributed by atoms with Crippen molar-refractivity contribution in [1.29, 1.82) is 0 Å². The Labute approximate surface area is 111 Å². The smallest absolute Gasteiger partial charge is 0.255 e. The lowest BCUT2D eigenvalue weighted by Gasteiger charge is -2.26. The summed E-state index contributed by atoms with van der Waals surface area (Å²) in [5.41, 5.74) is 0.285. The zero-order valence-electron chi connectivity index (χ0n) is 10.2. The molecule has 1 aliphatic carbocycles. The second kappa shape index (κ2) is 5.57. The number of nitrogens with zero attached hydrogens (tertiary/aromatic N) is 1. The van der Waals surface area contributed by atoms with Crippen LogP contribution in [0, 0.1) is 5.41 Å². The van der Waals surface area contributed by atoms with Crippen LogP contribution in [0.2, 0.25) is 0 Å². The van der Waals surface area contributed by atoms with E-state index in [4.69, 9.17) is 11.6 Å². The molecule has 2 rings (SSSR count). The molecule has 1 heterocycles. The van der Waals surface area contributed by atoms with Crippen LogP contribution >= 0.6 is 11.6 Å². The average Bonchev–Trinajstić information content (AvgIpc) is 2.86. The summed E-state index contributed by atoms with van der Waals surface area (Å²) in [6.07, 6.45) is 7.20. The lowest BCUT2D eigenvalue weighted by atomic mass is 9.88. The molecule has 4 nitrogen and oxygen atoms in total. The number of carbonyl (C=O) groups excluding carboxylic acids is 1. The Bertz CT molecular complexity index is 431. The first-order valence-corrected chi connectivity index (χ1v) is 6.67. The van der Waals surface area contributed by atoms with Gasteiger partial charge in [0.05, 0.1) is 11.8 Å². The van der Waals surface area contributed by atoms with E-state index in [2.05, 4.69) is 10.3 Å². The number of hydrogen-bond acceptors (Lipinski definition) is 3. The van der Waals surface area contributed by atoms with Gasteiger partial charge in [-0.1, -0.05) is 12.8 Å². The van der Waals surface area contributed by atoms with Crippen molar-refractivity contribution in [3.63, 3.8) is 0 Å². The Morgan fingerprint density at radius 2 is 2.22 bits per heavy atom. The Hall–Kier alpha value is -1.29. The van der Waals surface area contributed by atoms with Crippen LogP contribution in [0.15, 0.2) is 18.5 Å². The van der Waals surface area contributed by atoms with Gasteiger partial charge in [-0.2, -0.15) is 0 Å². The van der Waals surface area contributed by atoms with E-state index >= 15 is 0 Å². The minimum atomic E-state index is -0.272. The van der Waals surface area contributed by atoms with Crippen LogP contribution in [0.25, 0.3) is 0 Å². The fourth-order valence-corrected chi connectivity index (χ4v) is 2.79. The molecular formula is C13H17ClN2O2. The molecule has 2 N–H and O–H groups in total. The molecule has 1 fully saturated rings. The number of nitrogens with one attached hydrogen (secondary N) is 1. The van der Waals surface area contributed by atoms with E-state index in [-0.39, 0.29) is 22.6 Å². The van der Waals surface area contributed by atoms with Gasteiger partial charge < -0.3 is 10.4 Å². The molecule has 0 radical (unpaired) electrons. The predicted molar refractivity (Wildman–Crippen MR) is 69.9 cm³/mol. The van der Waals surface area contributed by atoms with Crippen LogP contribution in [-0.4, -0.2) is 28.4 Å². The maximum Gasteiger partial charge on any atom is 0.255 e. The second-order valence-corrected chi connectivity index (χ2v) is 5.18. The molecule has 0 aromatic carbocycles. The monoisotopic (exact) mass is 268 g/mol. The fourth-order valence-electron chi connectivity index (χ4n) is 2.42. The molecule has 1 aromatic heterocycles. The van der Waals surface area contributed by atoms with E-state index in [1.54, 1.807) is 0 Å². The number of rotatable bonds is 4. The van der Waals surface area contributed by atoms with Gasteiger partial charge in [-0.3, -0.25) is 9.78 Å². The van der Waals surface area contributed by atoms with Gasteiger partial charge in [0.15, 0.2) is 0 Å². The highest BCUT2D eigenvalue weighted by atomic mass is 35.5. The molecule has 0 aliphatic heterocycles. The van der Waals surface area contributed by atoms with Gasteiger partial charge >= 0.3 is 0 Å². The number of carbonyl (C=O) groups is 1. The van der Waals surface area contributed by atoms with Gasteiger partial charge in [-0.15, -0.1) is 11.6 Å². The molecule has 0 unspecified atom stereocenters. The molecule has 0 saturated heterocycles. The first-order chi connectivity index (χ1) is 8.67. The van der Waals surface area contributed by atoms with E-state index in [1.807, 2.05) is 0 Å². The van der Waals surface area contributed by atoms with Crippen molar-refractivity contribution in [2.24, 2.45) is 5.41 Å². The van der Waals surface area contributed by atoms with E-state index in [1.165, 1.54) is 31.3 Å². The number of pyridine rings is 1. The quantitative estimate of drug-likeness (QED) is 0.824. The molecule has 5 heteroatoms.